The van der Waals surface area contributed by atoms with Crippen molar-refractivity contribution in [2.45, 2.75) is 57.6 Å². The summed E-state index contributed by atoms with van der Waals surface area (Å²) >= 11 is 0. The van der Waals surface area contributed by atoms with Crippen molar-refractivity contribution in [2.75, 3.05) is 20.3 Å². The van der Waals surface area contributed by atoms with Gasteiger partial charge in [0.1, 0.15) is 5.54 Å². The Balaban J connectivity index is 2.35. The molecule has 17 heavy (non-hydrogen) atoms. The zero-order valence-corrected chi connectivity index (χ0v) is 11.3. The van der Waals surface area contributed by atoms with Gasteiger partial charge in [0.25, 0.3) is 0 Å². The molecule has 1 saturated carbocycles. The molecule has 0 amide bonds. The minimum absolute atomic E-state index is 0.205. The molecule has 0 aliphatic heterocycles. The Labute approximate surface area is 104 Å². The van der Waals surface area contributed by atoms with Crippen molar-refractivity contribution in [1.29, 1.82) is 0 Å². The molecule has 0 aromatic rings. The number of methoxy groups -OCH3 is 1. The van der Waals surface area contributed by atoms with Gasteiger partial charge in [0.2, 0.25) is 0 Å². The summed E-state index contributed by atoms with van der Waals surface area (Å²) in [7, 11) is 1.43. The lowest BCUT2D eigenvalue weighted by molar-refractivity contribution is -0.149. The first-order valence-electron chi connectivity index (χ1n) is 6.57. The van der Waals surface area contributed by atoms with Gasteiger partial charge in [-0.15, -0.1) is 0 Å². The summed E-state index contributed by atoms with van der Waals surface area (Å²) in [6.45, 7) is 5.40. The molecule has 0 aromatic carbocycles. The minimum Gasteiger partial charge on any atom is -0.468 e. The van der Waals surface area contributed by atoms with Crippen LogP contribution in [0.15, 0.2) is 0 Å². The Bertz CT molecular complexity index is 241. The second-order valence-electron chi connectivity index (χ2n) is 4.92. The summed E-state index contributed by atoms with van der Waals surface area (Å²) < 4.78 is 10.6. The van der Waals surface area contributed by atoms with E-state index in [2.05, 4.69) is 12.2 Å². The van der Waals surface area contributed by atoms with Crippen molar-refractivity contribution in [2.24, 2.45) is 0 Å². The van der Waals surface area contributed by atoms with Crippen LogP contribution >= 0.6 is 0 Å². The topological polar surface area (TPSA) is 47.6 Å². The molecule has 0 bridgehead atoms. The molecule has 1 fully saturated rings. The lowest BCUT2D eigenvalue weighted by Crippen LogP contribution is -2.51. The van der Waals surface area contributed by atoms with Gasteiger partial charge in [-0.05, 0) is 45.6 Å². The van der Waals surface area contributed by atoms with E-state index in [9.17, 15) is 4.79 Å². The smallest absolute Gasteiger partial charge is 0.325 e. The first-order chi connectivity index (χ1) is 8.12. The zero-order chi connectivity index (χ0) is 12.7. The van der Waals surface area contributed by atoms with Crippen molar-refractivity contribution >= 4 is 5.97 Å². The van der Waals surface area contributed by atoms with E-state index in [1.54, 1.807) is 0 Å². The van der Waals surface area contributed by atoms with Gasteiger partial charge < -0.3 is 14.8 Å². The van der Waals surface area contributed by atoms with Gasteiger partial charge in [-0.2, -0.15) is 0 Å². The van der Waals surface area contributed by atoms with Crippen LogP contribution in [0.25, 0.3) is 0 Å². The normalized spacial score (nSPS) is 19.5. The number of ether oxygens (including phenoxy) is 2. The van der Waals surface area contributed by atoms with Gasteiger partial charge in [0.15, 0.2) is 0 Å². The summed E-state index contributed by atoms with van der Waals surface area (Å²) in [5, 5.41) is 3.25. The standard InChI is InChI=1S/C13H25NO3/c1-4-9-14-13(2,12(15)16-3)8-10-17-11-6-5-7-11/h11,14H,4-10H2,1-3H3. The third-order valence-electron chi connectivity index (χ3n) is 3.41. The molecule has 0 spiro atoms. The molecule has 1 rings (SSSR count). The number of nitrogens with one attached hydrogen (secondary N) is 1. The Morgan fingerprint density at radius 1 is 1.47 bits per heavy atom. The quantitative estimate of drug-likeness (QED) is 0.661. The molecule has 1 atom stereocenters. The molecule has 100 valence electrons. The minimum atomic E-state index is -0.617. The van der Waals surface area contributed by atoms with E-state index in [0.717, 1.165) is 25.8 Å². The van der Waals surface area contributed by atoms with Crippen LogP contribution in [0.1, 0.15) is 46.0 Å². The van der Waals surface area contributed by atoms with E-state index in [4.69, 9.17) is 9.47 Å². The van der Waals surface area contributed by atoms with Gasteiger partial charge in [-0.3, -0.25) is 4.79 Å². The molecule has 4 heteroatoms. The number of hydrogen-bond donors (Lipinski definition) is 1. The number of carbonyl (C=O) groups is 1. The fourth-order valence-electron chi connectivity index (χ4n) is 1.86. The van der Waals surface area contributed by atoms with E-state index in [1.807, 2.05) is 6.92 Å². The maximum absolute atomic E-state index is 11.8. The predicted molar refractivity (Wildman–Crippen MR) is 66.9 cm³/mol. The first kappa shape index (κ1) is 14.5. The lowest BCUT2D eigenvalue weighted by Gasteiger charge is -2.30. The lowest BCUT2D eigenvalue weighted by atomic mass is 9.95. The maximum Gasteiger partial charge on any atom is 0.325 e. The van der Waals surface area contributed by atoms with Crippen molar-refractivity contribution in [3.05, 3.63) is 0 Å². The number of esters is 1. The van der Waals surface area contributed by atoms with Crippen LogP contribution in [0.5, 0.6) is 0 Å². The molecule has 1 aliphatic carbocycles. The fourth-order valence-corrected chi connectivity index (χ4v) is 1.86. The Hall–Kier alpha value is -0.610. The molecule has 4 nitrogen and oxygen atoms in total. The van der Waals surface area contributed by atoms with Gasteiger partial charge in [-0.25, -0.2) is 0 Å². The zero-order valence-electron chi connectivity index (χ0n) is 11.3. The molecular weight excluding hydrogens is 218 g/mol. The van der Waals surface area contributed by atoms with Crippen LogP contribution in [0, 0.1) is 0 Å². The highest BCUT2D eigenvalue weighted by Crippen LogP contribution is 2.23. The third-order valence-corrected chi connectivity index (χ3v) is 3.41. The third kappa shape index (κ3) is 4.28. The maximum atomic E-state index is 11.8. The summed E-state index contributed by atoms with van der Waals surface area (Å²) in [6, 6.07) is 0. The number of rotatable bonds is 8. The van der Waals surface area contributed by atoms with E-state index >= 15 is 0 Å². The average Bonchev–Trinajstić information content (AvgIpc) is 2.28. The molecule has 0 radical (unpaired) electrons. The fraction of sp³-hybridized carbons (Fsp3) is 0.923. The Morgan fingerprint density at radius 2 is 2.18 bits per heavy atom. The number of hydrogen-bond acceptors (Lipinski definition) is 4. The predicted octanol–water partition coefficient (Wildman–Crippen LogP) is 1.88. The molecule has 0 aromatic heterocycles. The summed E-state index contributed by atoms with van der Waals surface area (Å²) in [6.07, 6.45) is 5.68. The van der Waals surface area contributed by atoms with Crippen molar-refractivity contribution in [3.63, 3.8) is 0 Å². The van der Waals surface area contributed by atoms with Crippen LogP contribution in [-0.4, -0.2) is 37.9 Å². The highest BCUT2D eigenvalue weighted by atomic mass is 16.5. The van der Waals surface area contributed by atoms with E-state index in [-0.39, 0.29) is 5.97 Å². The highest BCUT2D eigenvalue weighted by molar-refractivity contribution is 5.80. The average molecular weight is 243 g/mol. The summed E-state index contributed by atoms with van der Waals surface area (Å²) in [5.41, 5.74) is -0.617. The highest BCUT2D eigenvalue weighted by Gasteiger charge is 2.33. The van der Waals surface area contributed by atoms with Crippen LogP contribution in [0.3, 0.4) is 0 Å². The SMILES string of the molecule is CCCNC(C)(CCOC1CCC1)C(=O)OC. The van der Waals surface area contributed by atoms with Gasteiger partial charge in [-0.1, -0.05) is 6.92 Å². The van der Waals surface area contributed by atoms with Crippen LogP contribution in [0.4, 0.5) is 0 Å². The van der Waals surface area contributed by atoms with Crippen LogP contribution in [-0.2, 0) is 14.3 Å². The first-order valence-corrected chi connectivity index (χ1v) is 6.57. The van der Waals surface area contributed by atoms with Crippen LogP contribution < -0.4 is 5.32 Å². The molecule has 0 heterocycles. The van der Waals surface area contributed by atoms with Crippen molar-refractivity contribution < 1.29 is 14.3 Å². The largest absolute Gasteiger partial charge is 0.468 e. The molecular formula is C13H25NO3. The second kappa shape index (κ2) is 6.97. The van der Waals surface area contributed by atoms with E-state index in [0.29, 0.717) is 19.1 Å². The second-order valence-corrected chi connectivity index (χ2v) is 4.92. The van der Waals surface area contributed by atoms with E-state index < -0.39 is 5.54 Å². The molecule has 1 N–H and O–H groups in total. The van der Waals surface area contributed by atoms with Gasteiger partial charge >= 0.3 is 5.97 Å². The van der Waals surface area contributed by atoms with E-state index in [1.165, 1.54) is 13.5 Å². The van der Waals surface area contributed by atoms with Gasteiger partial charge in [0, 0.05) is 6.61 Å². The summed E-state index contributed by atoms with van der Waals surface area (Å²) in [4.78, 5) is 11.8. The monoisotopic (exact) mass is 243 g/mol. The van der Waals surface area contributed by atoms with Crippen molar-refractivity contribution in [1.82, 2.24) is 5.32 Å². The molecule has 1 unspecified atom stereocenters. The Morgan fingerprint density at radius 3 is 2.65 bits per heavy atom. The summed E-state index contributed by atoms with van der Waals surface area (Å²) in [5.74, 6) is -0.205. The molecule has 0 saturated heterocycles. The Kier molecular flexibility index (Phi) is 5.92. The number of carbonyl (C=O) groups excluding carboxylic acids is 1. The van der Waals surface area contributed by atoms with Gasteiger partial charge in [0.05, 0.1) is 13.2 Å². The van der Waals surface area contributed by atoms with Crippen molar-refractivity contribution in [3.8, 4) is 0 Å². The van der Waals surface area contributed by atoms with Crippen LogP contribution in [0.2, 0.25) is 0 Å². The molecule has 1 aliphatic rings.